The van der Waals surface area contributed by atoms with E-state index in [1.54, 1.807) is 0 Å². The molecule has 106 valence electrons. The zero-order chi connectivity index (χ0) is 13.7. The number of nitrogens with one attached hydrogen (secondary N) is 1. The molecule has 1 aromatic heterocycles. The second-order valence-electron chi connectivity index (χ2n) is 5.14. The smallest absolute Gasteiger partial charge is 0.145 e. The number of aryl methyl sites for hydroxylation is 1. The molecule has 1 unspecified atom stereocenters. The molecule has 6 heteroatoms. The van der Waals surface area contributed by atoms with Crippen LogP contribution in [0.25, 0.3) is 0 Å². The van der Waals surface area contributed by atoms with E-state index in [2.05, 4.69) is 27.3 Å². The molecule has 0 saturated carbocycles. The van der Waals surface area contributed by atoms with Gasteiger partial charge < -0.3 is 10.2 Å². The maximum Gasteiger partial charge on any atom is 0.145 e. The van der Waals surface area contributed by atoms with Crippen molar-refractivity contribution >= 4 is 5.82 Å². The van der Waals surface area contributed by atoms with E-state index in [1.165, 1.54) is 12.8 Å². The summed E-state index contributed by atoms with van der Waals surface area (Å²) in [5.74, 6) is 6.83. The minimum Gasteiger partial charge on any atom is -0.377 e. The van der Waals surface area contributed by atoms with Gasteiger partial charge in [0, 0.05) is 24.9 Å². The summed E-state index contributed by atoms with van der Waals surface area (Å²) >= 11 is 0. The highest BCUT2D eigenvalue weighted by molar-refractivity contribution is 5.33. The van der Waals surface area contributed by atoms with Gasteiger partial charge in [-0.15, -0.1) is 0 Å². The van der Waals surface area contributed by atoms with Crippen molar-refractivity contribution in [2.24, 2.45) is 5.84 Å². The molecule has 0 amide bonds. The van der Waals surface area contributed by atoms with E-state index in [9.17, 15) is 0 Å². The van der Waals surface area contributed by atoms with Crippen molar-refractivity contribution in [3.8, 4) is 0 Å². The third-order valence-corrected chi connectivity index (χ3v) is 3.25. The molecule has 0 aliphatic carbocycles. The Morgan fingerprint density at radius 1 is 1.47 bits per heavy atom. The van der Waals surface area contributed by atoms with Crippen LogP contribution in [0.4, 0.5) is 5.82 Å². The summed E-state index contributed by atoms with van der Waals surface area (Å²) in [5.41, 5.74) is 3.49. The van der Waals surface area contributed by atoms with Crippen molar-refractivity contribution in [2.45, 2.75) is 38.8 Å². The maximum absolute atomic E-state index is 5.74. The number of hydrazine groups is 1. The number of anilines is 1. The molecule has 0 bridgehead atoms. The summed E-state index contributed by atoms with van der Waals surface area (Å²) in [5, 5.41) is 0. The molecule has 1 aliphatic rings. The Morgan fingerprint density at radius 2 is 2.32 bits per heavy atom. The van der Waals surface area contributed by atoms with E-state index in [0.717, 1.165) is 31.1 Å². The van der Waals surface area contributed by atoms with E-state index >= 15 is 0 Å². The first-order valence-corrected chi connectivity index (χ1v) is 6.78. The molecule has 19 heavy (non-hydrogen) atoms. The predicted octanol–water partition coefficient (Wildman–Crippen LogP) is 1.07. The Kier molecular flexibility index (Phi) is 5.07. The van der Waals surface area contributed by atoms with Gasteiger partial charge in [0.2, 0.25) is 0 Å². The van der Waals surface area contributed by atoms with Crippen LogP contribution in [-0.2, 0) is 11.3 Å². The van der Waals surface area contributed by atoms with Gasteiger partial charge in [-0.2, -0.15) is 0 Å². The zero-order valence-corrected chi connectivity index (χ0v) is 11.7. The molecule has 6 nitrogen and oxygen atoms in total. The molecule has 1 aromatic rings. The van der Waals surface area contributed by atoms with Crippen molar-refractivity contribution in [1.82, 2.24) is 14.9 Å². The fourth-order valence-corrected chi connectivity index (χ4v) is 2.38. The molecule has 2 rings (SSSR count). The molecule has 1 fully saturated rings. The van der Waals surface area contributed by atoms with Gasteiger partial charge in [0.25, 0.3) is 0 Å². The molecule has 1 atom stereocenters. The third kappa shape index (κ3) is 4.41. The van der Waals surface area contributed by atoms with Crippen LogP contribution in [0.15, 0.2) is 6.07 Å². The van der Waals surface area contributed by atoms with Crippen LogP contribution in [0.5, 0.6) is 0 Å². The van der Waals surface area contributed by atoms with E-state index in [-0.39, 0.29) is 0 Å². The third-order valence-electron chi connectivity index (χ3n) is 3.25. The van der Waals surface area contributed by atoms with Crippen LogP contribution in [0.2, 0.25) is 0 Å². The Balaban J connectivity index is 1.90. The predicted molar refractivity (Wildman–Crippen MR) is 74.5 cm³/mol. The largest absolute Gasteiger partial charge is 0.377 e. The Hall–Kier alpha value is -1.24. The number of aromatic nitrogens is 2. The van der Waals surface area contributed by atoms with E-state index in [0.29, 0.717) is 18.5 Å². The van der Waals surface area contributed by atoms with Crippen molar-refractivity contribution in [3.63, 3.8) is 0 Å². The average Bonchev–Trinajstić information content (AvgIpc) is 2.38. The molecule has 0 spiro atoms. The van der Waals surface area contributed by atoms with Crippen LogP contribution < -0.4 is 11.3 Å². The molecular weight excluding hydrogens is 242 g/mol. The number of likely N-dealkylation sites (N-methyl/N-ethyl adjacent to an activating group) is 1. The zero-order valence-electron chi connectivity index (χ0n) is 11.7. The topological polar surface area (TPSA) is 76.3 Å². The highest BCUT2D eigenvalue weighted by atomic mass is 16.5. The molecule has 2 heterocycles. The van der Waals surface area contributed by atoms with Crippen molar-refractivity contribution in [3.05, 3.63) is 17.6 Å². The number of ether oxygens (including phenoxy) is 1. The quantitative estimate of drug-likeness (QED) is 0.612. The fourth-order valence-electron chi connectivity index (χ4n) is 2.38. The summed E-state index contributed by atoms with van der Waals surface area (Å²) in [4.78, 5) is 11.0. The number of rotatable bonds is 5. The Morgan fingerprint density at radius 3 is 3.00 bits per heavy atom. The van der Waals surface area contributed by atoms with Crippen molar-refractivity contribution in [2.75, 3.05) is 25.6 Å². The second kappa shape index (κ2) is 6.79. The van der Waals surface area contributed by atoms with Crippen LogP contribution in [0.1, 0.15) is 30.8 Å². The molecule has 3 N–H and O–H groups in total. The van der Waals surface area contributed by atoms with Gasteiger partial charge in [-0.3, -0.25) is 4.90 Å². The number of hydrogen-bond acceptors (Lipinski definition) is 6. The standard InChI is InChI=1S/C13H23N5O/c1-10-7-12(17-14)16-13(15-10)9-18(2)8-11-5-3-4-6-19-11/h7,11H,3-6,8-9,14H2,1-2H3,(H,15,16,17). The molecular formula is C13H23N5O. The van der Waals surface area contributed by atoms with Gasteiger partial charge in [-0.25, -0.2) is 15.8 Å². The maximum atomic E-state index is 5.74. The van der Waals surface area contributed by atoms with Gasteiger partial charge in [-0.1, -0.05) is 0 Å². The Labute approximate surface area is 114 Å². The first kappa shape index (κ1) is 14.2. The summed E-state index contributed by atoms with van der Waals surface area (Å²) in [6.07, 6.45) is 3.94. The van der Waals surface area contributed by atoms with Gasteiger partial charge in [0.1, 0.15) is 11.6 Å². The van der Waals surface area contributed by atoms with Crippen LogP contribution in [0, 0.1) is 6.92 Å². The Bertz CT molecular complexity index is 406. The normalized spacial score (nSPS) is 19.7. The van der Waals surface area contributed by atoms with Gasteiger partial charge >= 0.3 is 0 Å². The average molecular weight is 265 g/mol. The first-order chi connectivity index (χ1) is 9.17. The fraction of sp³-hybridized carbons (Fsp3) is 0.692. The highest BCUT2D eigenvalue weighted by Crippen LogP contribution is 2.14. The molecule has 1 saturated heterocycles. The van der Waals surface area contributed by atoms with Gasteiger partial charge in [0.05, 0.1) is 12.6 Å². The lowest BCUT2D eigenvalue weighted by atomic mass is 10.1. The SMILES string of the molecule is Cc1cc(NN)nc(CN(C)CC2CCCCO2)n1. The highest BCUT2D eigenvalue weighted by Gasteiger charge is 2.16. The summed E-state index contributed by atoms with van der Waals surface area (Å²) in [6.45, 7) is 4.45. The number of nitrogens with zero attached hydrogens (tertiary/aromatic N) is 3. The van der Waals surface area contributed by atoms with Gasteiger partial charge in [0.15, 0.2) is 0 Å². The lowest BCUT2D eigenvalue weighted by molar-refractivity contribution is -0.00291. The summed E-state index contributed by atoms with van der Waals surface area (Å²) in [7, 11) is 2.07. The van der Waals surface area contributed by atoms with Crippen LogP contribution in [0.3, 0.4) is 0 Å². The van der Waals surface area contributed by atoms with Crippen LogP contribution in [-0.4, -0.2) is 41.2 Å². The number of nitrogen functional groups attached to an aromatic ring is 1. The lowest BCUT2D eigenvalue weighted by Gasteiger charge is -2.27. The summed E-state index contributed by atoms with van der Waals surface area (Å²) < 4.78 is 5.74. The first-order valence-electron chi connectivity index (χ1n) is 6.78. The monoisotopic (exact) mass is 265 g/mol. The lowest BCUT2D eigenvalue weighted by Crippen LogP contribution is -2.33. The van der Waals surface area contributed by atoms with Crippen LogP contribution >= 0.6 is 0 Å². The van der Waals surface area contributed by atoms with E-state index in [4.69, 9.17) is 10.6 Å². The van der Waals surface area contributed by atoms with E-state index in [1.807, 2.05) is 13.0 Å². The van der Waals surface area contributed by atoms with Gasteiger partial charge in [-0.05, 0) is 33.2 Å². The second-order valence-corrected chi connectivity index (χ2v) is 5.14. The van der Waals surface area contributed by atoms with E-state index < -0.39 is 0 Å². The molecule has 0 aromatic carbocycles. The molecule has 1 aliphatic heterocycles. The number of hydrogen-bond donors (Lipinski definition) is 2. The molecule has 0 radical (unpaired) electrons. The van der Waals surface area contributed by atoms with Crippen molar-refractivity contribution in [1.29, 1.82) is 0 Å². The summed E-state index contributed by atoms with van der Waals surface area (Å²) in [6, 6.07) is 1.83. The number of nitrogens with two attached hydrogens (primary N) is 1. The minimum atomic E-state index is 0.343. The van der Waals surface area contributed by atoms with Crippen molar-refractivity contribution < 1.29 is 4.74 Å². The minimum absolute atomic E-state index is 0.343.